The molecular formula is C27H32FNO3. The van der Waals surface area contributed by atoms with Crippen LogP contribution in [0.15, 0.2) is 48.0 Å². The van der Waals surface area contributed by atoms with Crippen LogP contribution in [0.3, 0.4) is 0 Å². The Morgan fingerprint density at radius 3 is 2.62 bits per heavy atom. The van der Waals surface area contributed by atoms with Crippen molar-refractivity contribution >= 4 is 12.0 Å². The number of benzene rings is 2. The molecule has 0 bridgehead atoms. The lowest BCUT2D eigenvalue weighted by Gasteiger charge is -2.40. The van der Waals surface area contributed by atoms with Crippen molar-refractivity contribution in [2.75, 3.05) is 26.2 Å². The molecule has 1 aliphatic heterocycles. The summed E-state index contributed by atoms with van der Waals surface area (Å²) < 4.78 is 19.2. The highest BCUT2D eigenvalue weighted by Gasteiger charge is 2.35. The first-order valence-electron chi connectivity index (χ1n) is 11.4. The van der Waals surface area contributed by atoms with Crippen molar-refractivity contribution in [1.82, 2.24) is 4.90 Å². The lowest BCUT2D eigenvalue weighted by atomic mass is 9.72. The highest BCUT2D eigenvalue weighted by atomic mass is 19.1. The Bertz CT molecular complexity index is 1010. The van der Waals surface area contributed by atoms with Gasteiger partial charge in [-0.2, -0.15) is 0 Å². The average molecular weight is 438 g/mol. The van der Waals surface area contributed by atoms with Crippen LogP contribution in [0.25, 0.3) is 6.08 Å². The molecular weight excluding hydrogens is 405 g/mol. The van der Waals surface area contributed by atoms with Crippen molar-refractivity contribution < 1.29 is 19.0 Å². The standard InChI is InChI=1S/C27H32FNO3/c1-18(10-19-4-7-23(28)8-5-19)17-32-24-9-6-21-11-20(13-27(2,3)25(21)12-24)14-29-15-22(16-29)26(30)31/h4-9,11-12,18,22H,10,13-17H2,1-3H3,(H,30,31)/t18-/m0/s1. The molecule has 0 spiro atoms. The van der Waals surface area contributed by atoms with Crippen molar-refractivity contribution in [3.8, 4) is 5.75 Å². The topological polar surface area (TPSA) is 49.8 Å². The number of likely N-dealkylation sites (tertiary alicyclic amines) is 1. The van der Waals surface area contributed by atoms with Gasteiger partial charge >= 0.3 is 5.97 Å². The summed E-state index contributed by atoms with van der Waals surface area (Å²) in [5.41, 5.74) is 4.97. The summed E-state index contributed by atoms with van der Waals surface area (Å²) in [5, 5.41) is 9.09. The zero-order chi connectivity index (χ0) is 22.9. The number of aliphatic carboxylic acids is 1. The van der Waals surface area contributed by atoms with Crippen molar-refractivity contribution in [2.45, 2.75) is 39.0 Å². The van der Waals surface area contributed by atoms with E-state index in [9.17, 15) is 9.18 Å². The number of ether oxygens (including phenoxy) is 1. The van der Waals surface area contributed by atoms with Gasteiger partial charge in [-0.25, -0.2) is 4.39 Å². The Morgan fingerprint density at radius 1 is 1.22 bits per heavy atom. The van der Waals surface area contributed by atoms with E-state index in [1.807, 2.05) is 18.2 Å². The molecule has 2 aromatic carbocycles. The second-order valence-electron chi connectivity index (χ2n) is 10.1. The Kier molecular flexibility index (Phi) is 6.38. The normalized spacial score (nSPS) is 18.9. The van der Waals surface area contributed by atoms with Crippen molar-refractivity contribution in [3.63, 3.8) is 0 Å². The minimum absolute atomic E-state index is 0.00438. The maximum absolute atomic E-state index is 13.1. The lowest BCUT2D eigenvalue weighted by Crippen LogP contribution is -2.51. The number of carboxylic acid groups (broad SMARTS) is 1. The van der Waals surface area contributed by atoms with Gasteiger partial charge in [-0.1, -0.05) is 50.6 Å². The number of hydrogen-bond donors (Lipinski definition) is 1. The first-order chi connectivity index (χ1) is 15.2. The number of rotatable bonds is 8. The van der Waals surface area contributed by atoms with E-state index in [0.717, 1.165) is 30.7 Å². The van der Waals surface area contributed by atoms with Crippen LogP contribution in [0.1, 0.15) is 43.9 Å². The third-order valence-electron chi connectivity index (χ3n) is 6.55. The summed E-state index contributed by atoms with van der Waals surface area (Å²) in [6.07, 6.45) is 4.07. The third-order valence-corrected chi connectivity index (χ3v) is 6.55. The second-order valence-corrected chi connectivity index (χ2v) is 10.1. The van der Waals surface area contributed by atoms with Crippen LogP contribution in [-0.4, -0.2) is 42.2 Å². The van der Waals surface area contributed by atoms with Crippen LogP contribution in [-0.2, 0) is 16.6 Å². The van der Waals surface area contributed by atoms with Crippen molar-refractivity contribution in [1.29, 1.82) is 0 Å². The fourth-order valence-electron chi connectivity index (χ4n) is 4.84. The van der Waals surface area contributed by atoms with Crippen molar-refractivity contribution in [2.24, 2.45) is 11.8 Å². The van der Waals surface area contributed by atoms with Crippen LogP contribution in [0.5, 0.6) is 5.75 Å². The van der Waals surface area contributed by atoms with Crippen LogP contribution >= 0.6 is 0 Å². The Balaban J connectivity index is 1.37. The van der Waals surface area contributed by atoms with Gasteiger partial charge in [-0.05, 0) is 65.1 Å². The molecule has 32 heavy (non-hydrogen) atoms. The molecule has 1 fully saturated rings. The molecule has 4 rings (SSSR count). The van der Waals surface area contributed by atoms with Crippen LogP contribution in [0.2, 0.25) is 0 Å². The predicted molar refractivity (Wildman–Crippen MR) is 124 cm³/mol. The summed E-state index contributed by atoms with van der Waals surface area (Å²) in [5.74, 6) is 0.0865. The van der Waals surface area contributed by atoms with E-state index in [-0.39, 0.29) is 17.2 Å². The van der Waals surface area contributed by atoms with E-state index in [1.54, 1.807) is 0 Å². The van der Waals surface area contributed by atoms with Crippen molar-refractivity contribution in [3.05, 3.63) is 70.5 Å². The summed E-state index contributed by atoms with van der Waals surface area (Å²) in [4.78, 5) is 13.3. The number of nitrogens with zero attached hydrogens (tertiary/aromatic N) is 1. The number of halogens is 1. The monoisotopic (exact) mass is 437 g/mol. The van der Waals surface area contributed by atoms with Crippen LogP contribution < -0.4 is 4.74 Å². The van der Waals surface area contributed by atoms with E-state index in [0.29, 0.717) is 25.6 Å². The first-order valence-corrected chi connectivity index (χ1v) is 11.4. The third kappa shape index (κ3) is 5.21. The molecule has 1 heterocycles. The summed E-state index contributed by atoms with van der Waals surface area (Å²) in [7, 11) is 0. The van der Waals surface area contributed by atoms with E-state index >= 15 is 0 Å². The molecule has 1 aliphatic carbocycles. The number of carboxylic acids is 1. The summed E-state index contributed by atoms with van der Waals surface area (Å²) in [6, 6.07) is 13.0. The van der Waals surface area contributed by atoms with Gasteiger partial charge in [0.05, 0.1) is 12.5 Å². The molecule has 1 atom stereocenters. The molecule has 4 nitrogen and oxygen atoms in total. The maximum Gasteiger partial charge on any atom is 0.309 e. The van der Waals surface area contributed by atoms with E-state index < -0.39 is 5.97 Å². The molecule has 1 N–H and O–H groups in total. The zero-order valence-corrected chi connectivity index (χ0v) is 19.1. The predicted octanol–water partition coefficient (Wildman–Crippen LogP) is 5.16. The SMILES string of the molecule is C[C@H](COc1ccc2c(c1)C(C)(C)CC(CN1CC(C(=O)O)C1)=C2)Cc1ccc(F)cc1. The summed E-state index contributed by atoms with van der Waals surface area (Å²) in [6.45, 7) is 9.39. The van der Waals surface area contributed by atoms with Gasteiger partial charge in [0.25, 0.3) is 0 Å². The number of fused-ring (bicyclic) bond motifs is 1. The number of hydrogen-bond acceptors (Lipinski definition) is 3. The Labute approximate surface area is 189 Å². The van der Waals surface area contributed by atoms with Gasteiger partial charge in [0, 0.05) is 19.6 Å². The Hall–Kier alpha value is -2.66. The molecule has 0 unspecified atom stereocenters. The molecule has 0 amide bonds. The smallest absolute Gasteiger partial charge is 0.309 e. The number of carbonyl (C=O) groups is 1. The van der Waals surface area contributed by atoms with Gasteiger partial charge in [-0.15, -0.1) is 0 Å². The molecule has 0 saturated carbocycles. The van der Waals surface area contributed by atoms with Gasteiger partial charge in [0.15, 0.2) is 0 Å². The highest BCUT2D eigenvalue weighted by molar-refractivity contribution is 5.71. The molecule has 2 aromatic rings. The van der Waals surface area contributed by atoms with Gasteiger partial charge in [0.2, 0.25) is 0 Å². The molecule has 2 aliphatic rings. The second kappa shape index (κ2) is 9.07. The Morgan fingerprint density at radius 2 is 1.94 bits per heavy atom. The largest absolute Gasteiger partial charge is 0.493 e. The highest BCUT2D eigenvalue weighted by Crippen LogP contribution is 2.40. The summed E-state index contributed by atoms with van der Waals surface area (Å²) >= 11 is 0. The van der Waals surface area contributed by atoms with Crippen LogP contribution in [0.4, 0.5) is 4.39 Å². The van der Waals surface area contributed by atoms with E-state index in [2.05, 4.69) is 43.9 Å². The van der Waals surface area contributed by atoms with Gasteiger partial charge in [-0.3, -0.25) is 9.69 Å². The fraction of sp³-hybridized carbons (Fsp3) is 0.444. The minimum atomic E-state index is -0.691. The lowest BCUT2D eigenvalue weighted by molar-refractivity contribution is -0.147. The van der Waals surface area contributed by atoms with E-state index in [4.69, 9.17) is 9.84 Å². The quantitative estimate of drug-likeness (QED) is 0.619. The first kappa shape index (κ1) is 22.5. The molecule has 170 valence electrons. The molecule has 0 aromatic heterocycles. The van der Waals surface area contributed by atoms with E-state index in [1.165, 1.54) is 28.8 Å². The fourth-order valence-corrected chi connectivity index (χ4v) is 4.84. The average Bonchev–Trinajstić information content (AvgIpc) is 2.70. The zero-order valence-electron chi connectivity index (χ0n) is 19.1. The maximum atomic E-state index is 13.1. The van der Waals surface area contributed by atoms with Gasteiger partial charge in [0.1, 0.15) is 11.6 Å². The molecule has 1 saturated heterocycles. The molecule has 5 heteroatoms. The van der Waals surface area contributed by atoms with Crippen LogP contribution in [0, 0.1) is 17.7 Å². The molecule has 0 radical (unpaired) electrons. The van der Waals surface area contributed by atoms with Gasteiger partial charge < -0.3 is 9.84 Å². The minimum Gasteiger partial charge on any atom is -0.493 e.